The molecule has 0 N–H and O–H groups in total. The number of hydrogen-bond donors (Lipinski definition) is 0. The van der Waals surface area contributed by atoms with Gasteiger partial charge in [-0.2, -0.15) is 23.4 Å². The lowest BCUT2D eigenvalue weighted by molar-refractivity contribution is -0.142. The second kappa shape index (κ2) is 8.21. The normalized spacial score (nSPS) is 12.0. The van der Waals surface area contributed by atoms with Crippen LogP contribution in [0.3, 0.4) is 0 Å². The Morgan fingerprint density at radius 1 is 1.28 bits per heavy atom. The summed E-state index contributed by atoms with van der Waals surface area (Å²) >= 11 is 7.04. The molecule has 0 aliphatic carbocycles. The van der Waals surface area contributed by atoms with Crippen LogP contribution in [0, 0.1) is 6.92 Å². The van der Waals surface area contributed by atoms with Crippen LogP contribution >= 0.6 is 22.9 Å². The van der Waals surface area contributed by atoms with Crippen molar-refractivity contribution in [1.29, 1.82) is 0 Å². The van der Waals surface area contributed by atoms with E-state index in [1.165, 1.54) is 11.0 Å². The van der Waals surface area contributed by atoms with Gasteiger partial charge in [0.05, 0.1) is 21.1 Å². The van der Waals surface area contributed by atoms with E-state index in [-0.39, 0.29) is 23.6 Å². The second-order valence-corrected chi connectivity index (χ2v) is 8.87. The highest BCUT2D eigenvalue weighted by molar-refractivity contribution is 7.19. The monoisotopic (exact) mass is 482 g/mol. The maximum Gasteiger partial charge on any atom is 0.433 e. The van der Waals surface area contributed by atoms with Crippen LogP contribution in [-0.2, 0) is 19.3 Å². The second-order valence-electron chi connectivity index (χ2n) is 7.16. The van der Waals surface area contributed by atoms with E-state index in [1.54, 1.807) is 30.1 Å². The van der Waals surface area contributed by atoms with Gasteiger partial charge in [-0.05, 0) is 32.0 Å². The summed E-state index contributed by atoms with van der Waals surface area (Å²) in [6.07, 6.45) is -3.02. The fourth-order valence-electron chi connectivity index (χ4n) is 3.34. The van der Waals surface area contributed by atoms with Gasteiger partial charge in [0.15, 0.2) is 17.0 Å². The van der Waals surface area contributed by atoms with Crippen molar-refractivity contribution in [3.63, 3.8) is 0 Å². The van der Waals surface area contributed by atoms with Crippen molar-refractivity contribution in [2.24, 2.45) is 0 Å². The zero-order valence-corrected chi connectivity index (χ0v) is 18.9. The maximum atomic E-state index is 13.7. The number of aromatic nitrogens is 5. The topological polar surface area (TPSA) is 68.3 Å². The average Bonchev–Trinajstić information content (AvgIpc) is 3.44. The number of carbonyl (C=O) groups excluding carboxylic acids is 1. The number of nitrogens with zero attached hydrogens (tertiary/aromatic N) is 6. The lowest BCUT2D eigenvalue weighted by Gasteiger charge is -2.15. The van der Waals surface area contributed by atoms with Crippen LogP contribution < -0.4 is 0 Å². The van der Waals surface area contributed by atoms with Crippen LogP contribution in [-0.4, -0.2) is 42.2 Å². The number of rotatable bonds is 5. The Labute approximate surface area is 190 Å². The van der Waals surface area contributed by atoms with Gasteiger partial charge in [0.2, 0.25) is 0 Å². The molecule has 1 amide bonds. The van der Waals surface area contributed by atoms with E-state index < -0.39 is 17.8 Å². The summed E-state index contributed by atoms with van der Waals surface area (Å²) in [6, 6.07) is 5.35. The maximum absolute atomic E-state index is 13.7. The lowest BCUT2D eigenvalue weighted by Crippen LogP contribution is -2.27. The van der Waals surface area contributed by atoms with Gasteiger partial charge in [-0.1, -0.05) is 11.6 Å². The quantitative estimate of drug-likeness (QED) is 0.404. The zero-order valence-electron chi connectivity index (χ0n) is 17.3. The Morgan fingerprint density at radius 3 is 2.62 bits per heavy atom. The molecule has 168 valence electrons. The summed E-state index contributed by atoms with van der Waals surface area (Å²) in [5, 5.41) is 8.17. The molecule has 0 aliphatic heterocycles. The molecule has 0 unspecified atom stereocenters. The molecule has 4 aromatic rings. The number of aryl methyl sites for hydroxylation is 1. The van der Waals surface area contributed by atoms with Crippen molar-refractivity contribution in [2.75, 3.05) is 7.05 Å². The first-order valence-electron chi connectivity index (χ1n) is 9.59. The van der Waals surface area contributed by atoms with Crippen LogP contribution in [0.25, 0.3) is 16.2 Å². The molecular formula is C20H18ClF3N6OS. The molecule has 4 heterocycles. The fourth-order valence-corrected chi connectivity index (χ4v) is 4.34. The van der Waals surface area contributed by atoms with Crippen molar-refractivity contribution < 1.29 is 18.0 Å². The first kappa shape index (κ1) is 22.3. The summed E-state index contributed by atoms with van der Waals surface area (Å²) in [4.78, 5) is 19.1. The SMILES string of the molecule is CCn1ncc(CN(C)C(=O)c2cc3nc(-c4ccc(Cl)s4)cc(C(F)(F)F)n3n2)c1C. The number of fused-ring (bicyclic) bond motifs is 1. The third-order valence-corrected chi connectivity index (χ3v) is 6.27. The minimum atomic E-state index is -4.69. The van der Waals surface area contributed by atoms with E-state index in [4.69, 9.17) is 11.6 Å². The molecule has 0 atom stereocenters. The molecule has 0 saturated heterocycles. The van der Waals surface area contributed by atoms with Crippen LogP contribution in [0.1, 0.15) is 34.4 Å². The fraction of sp³-hybridized carbons (Fsp3) is 0.300. The van der Waals surface area contributed by atoms with Crippen molar-refractivity contribution in [1.82, 2.24) is 29.3 Å². The first-order chi connectivity index (χ1) is 15.1. The van der Waals surface area contributed by atoms with Crippen LogP contribution in [0.4, 0.5) is 13.2 Å². The first-order valence-corrected chi connectivity index (χ1v) is 10.8. The van der Waals surface area contributed by atoms with Crippen molar-refractivity contribution >= 4 is 34.5 Å². The van der Waals surface area contributed by atoms with Crippen LogP contribution in [0.5, 0.6) is 0 Å². The molecular weight excluding hydrogens is 465 g/mol. The molecule has 0 radical (unpaired) electrons. The average molecular weight is 483 g/mol. The number of alkyl halides is 3. The third kappa shape index (κ3) is 4.09. The molecule has 0 spiro atoms. The molecule has 4 rings (SSSR count). The highest BCUT2D eigenvalue weighted by Gasteiger charge is 2.36. The summed E-state index contributed by atoms with van der Waals surface area (Å²) in [6.45, 7) is 4.79. The highest BCUT2D eigenvalue weighted by atomic mass is 35.5. The summed E-state index contributed by atoms with van der Waals surface area (Å²) < 4.78 is 44.1. The predicted molar refractivity (Wildman–Crippen MR) is 115 cm³/mol. The van der Waals surface area contributed by atoms with Crippen molar-refractivity contribution in [3.8, 4) is 10.6 Å². The Morgan fingerprint density at radius 2 is 2.03 bits per heavy atom. The van der Waals surface area contributed by atoms with Crippen LogP contribution in [0.15, 0.2) is 30.5 Å². The van der Waals surface area contributed by atoms with Gasteiger partial charge in [-0.15, -0.1) is 11.3 Å². The van der Waals surface area contributed by atoms with E-state index in [9.17, 15) is 18.0 Å². The molecule has 4 aromatic heterocycles. The molecule has 0 fully saturated rings. The number of halogens is 4. The van der Waals surface area contributed by atoms with Gasteiger partial charge in [-0.25, -0.2) is 9.50 Å². The Balaban J connectivity index is 1.71. The number of thiophene rings is 1. The van der Waals surface area contributed by atoms with Gasteiger partial charge in [0.1, 0.15) is 0 Å². The third-order valence-electron chi connectivity index (χ3n) is 5.02. The number of amides is 1. The molecule has 0 bridgehead atoms. The smallest absolute Gasteiger partial charge is 0.336 e. The summed E-state index contributed by atoms with van der Waals surface area (Å²) in [7, 11) is 1.56. The van der Waals surface area contributed by atoms with Gasteiger partial charge in [0, 0.05) is 37.5 Å². The van der Waals surface area contributed by atoms with E-state index in [0.29, 0.717) is 20.3 Å². The lowest BCUT2D eigenvalue weighted by atomic mass is 10.2. The van der Waals surface area contributed by atoms with E-state index in [2.05, 4.69) is 15.2 Å². The summed E-state index contributed by atoms with van der Waals surface area (Å²) in [5.41, 5.74) is 0.638. The Bertz CT molecular complexity index is 1310. The van der Waals surface area contributed by atoms with Crippen molar-refractivity contribution in [3.05, 3.63) is 57.4 Å². The molecule has 7 nitrogen and oxygen atoms in total. The number of carbonyl (C=O) groups is 1. The Kier molecular flexibility index (Phi) is 5.72. The standard InChI is InChI=1S/C20H18ClF3N6OS/c1-4-29-11(2)12(9-25-29)10-28(3)19(31)14-8-18-26-13(15-5-6-17(21)32-15)7-16(20(22,23)24)30(18)27-14/h5-9H,4,10H2,1-3H3. The van der Waals surface area contributed by atoms with E-state index in [1.807, 2.05) is 13.8 Å². The van der Waals surface area contributed by atoms with Gasteiger partial charge >= 0.3 is 6.18 Å². The molecule has 0 aliphatic rings. The van der Waals surface area contributed by atoms with Gasteiger partial charge in [0.25, 0.3) is 5.91 Å². The van der Waals surface area contributed by atoms with E-state index in [0.717, 1.165) is 28.7 Å². The Hall–Kier alpha value is -2.92. The minimum Gasteiger partial charge on any atom is -0.336 e. The number of hydrogen-bond acceptors (Lipinski definition) is 5. The van der Waals surface area contributed by atoms with Gasteiger partial charge in [-0.3, -0.25) is 9.48 Å². The summed E-state index contributed by atoms with van der Waals surface area (Å²) in [5.74, 6) is -0.520. The molecule has 0 saturated carbocycles. The predicted octanol–water partition coefficient (Wildman–Crippen LogP) is 4.93. The minimum absolute atomic E-state index is 0.0777. The largest absolute Gasteiger partial charge is 0.433 e. The van der Waals surface area contributed by atoms with Crippen LogP contribution in [0.2, 0.25) is 4.34 Å². The molecule has 32 heavy (non-hydrogen) atoms. The molecule has 0 aromatic carbocycles. The molecule has 12 heteroatoms. The zero-order chi connectivity index (χ0) is 23.2. The van der Waals surface area contributed by atoms with Gasteiger partial charge < -0.3 is 4.90 Å². The highest BCUT2D eigenvalue weighted by Crippen LogP contribution is 2.35. The van der Waals surface area contributed by atoms with Crippen molar-refractivity contribution in [2.45, 2.75) is 33.1 Å². The van der Waals surface area contributed by atoms with E-state index >= 15 is 0 Å².